The summed E-state index contributed by atoms with van der Waals surface area (Å²) in [5.41, 5.74) is 1.90. The van der Waals surface area contributed by atoms with Crippen molar-refractivity contribution < 1.29 is 7.58 Å². The minimum absolute atomic E-state index is 0.452. The summed E-state index contributed by atoms with van der Waals surface area (Å²) < 4.78 is 10.5. The van der Waals surface area contributed by atoms with Crippen LogP contribution in [0.3, 0.4) is 0 Å². The van der Waals surface area contributed by atoms with E-state index in [9.17, 15) is 0 Å². The number of aryl methyl sites for hydroxylation is 1. The van der Waals surface area contributed by atoms with Crippen LogP contribution in [0.2, 0.25) is 0 Å². The summed E-state index contributed by atoms with van der Waals surface area (Å²) in [5, 5.41) is 1.09. The van der Waals surface area contributed by atoms with E-state index < -0.39 is 15.9 Å². The van der Waals surface area contributed by atoms with Crippen LogP contribution in [0.1, 0.15) is 5.69 Å². The van der Waals surface area contributed by atoms with Gasteiger partial charge in [-0.2, -0.15) is 0 Å². The fourth-order valence-corrected chi connectivity index (χ4v) is 1.80. The van der Waals surface area contributed by atoms with Gasteiger partial charge in [-0.15, -0.1) is 0 Å². The van der Waals surface area contributed by atoms with Gasteiger partial charge >= 0.3 is 15.9 Å². The predicted octanol–water partition coefficient (Wildman–Crippen LogP) is 2.10. The summed E-state index contributed by atoms with van der Waals surface area (Å²) in [5.74, 6) is 0.799. The summed E-state index contributed by atoms with van der Waals surface area (Å²) in [6, 6.07) is 9.95. The molecule has 1 heterocycles. The smallest absolute Gasteiger partial charge is 0.624 e. The maximum Gasteiger partial charge on any atom is 0.774 e. The average molecular weight is 216 g/mol. The van der Waals surface area contributed by atoms with Gasteiger partial charge in [0.2, 0.25) is 0 Å². The lowest BCUT2D eigenvalue weighted by molar-refractivity contribution is 0.367. The van der Waals surface area contributed by atoms with E-state index in [0.29, 0.717) is 0 Å². The van der Waals surface area contributed by atoms with Crippen molar-refractivity contribution in [3.8, 4) is 5.75 Å². The molecule has 0 spiro atoms. The van der Waals surface area contributed by atoms with E-state index in [-0.39, 0.29) is 0 Å². The number of aromatic nitrogens is 1. The van der Waals surface area contributed by atoms with Crippen LogP contribution in [0.5, 0.6) is 5.75 Å². The average Bonchev–Trinajstić information content (AvgIpc) is 2.26. The highest BCUT2D eigenvalue weighted by Gasteiger charge is 2.05. The number of nitrogens with zero attached hydrogens (tertiary/aromatic N) is 1. The van der Waals surface area contributed by atoms with Crippen molar-refractivity contribution in [3.63, 3.8) is 0 Å². The van der Waals surface area contributed by atoms with Gasteiger partial charge in [0.05, 0.1) is 0 Å². The predicted molar refractivity (Wildman–Crippen MR) is 59.9 cm³/mol. The van der Waals surface area contributed by atoms with Gasteiger partial charge in [0.1, 0.15) is 11.3 Å². The van der Waals surface area contributed by atoms with Gasteiger partial charge in [-0.05, 0) is 19.1 Å². The summed E-state index contributed by atoms with van der Waals surface area (Å²) in [4.78, 5) is 4.46. The molecule has 0 aliphatic carbocycles. The number of fused-ring (bicyclic) bond motifs is 1. The molecule has 0 bridgehead atoms. The van der Waals surface area contributed by atoms with E-state index in [2.05, 4.69) is 4.98 Å². The molecule has 0 fully saturated rings. The van der Waals surface area contributed by atoms with Crippen LogP contribution in [0, 0.1) is 6.92 Å². The quantitative estimate of drug-likeness (QED) is 0.736. The first-order valence-electron chi connectivity index (χ1n) is 4.69. The first-order valence-corrected chi connectivity index (χ1v) is 5.63. The number of benzene rings is 1. The zero-order chi connectivity index (χ0) is 10.7. The molecular formula is C11H11AlNO2. The Balaban J connectivity index is 2.48. The lowest BCUT2D eigenvalue weighted by Crippen LogP contribution is -2.04. The Morgan fingerprint density at radius 2 is 2.07 bits per heavy atom. The Bertz CT molecular complexity index is 473. The fourth-order valence-electron chi connectivity index (χ4n) is 1.41. The third kappa shape index (κ3) is 2.29. The minimum Gasteiger partial charge on any atom is -0.624 e. The van der Waals surface area contributed by atoms with Crippen molar-refractivity contribution in [2.24, 2.45) is 0 Å². The molecule has 0 saturated carbocycles. The van der Waals surface area contributed by atoms with E-state index in [4.69, 9.17) is 7.58 Å². The van der Waals surface area contributed by atoms with E-state index in [0.717, 1.165) is 22.3 Å². The molecule has 2 aromatic rings. The molecule has 1 aromatic carbocycles. The monoisotopic (exact) mass is 216 g/mol. The Morgan fingerprint density at radius 1 is 1.20 bits per heavy atom. The first-order chi connectivity index (χ1) is 7.31. The van der Waals surface area contributed by atoms with Crippen LogP contribution in [0.4, 0.5) is 0 Å². The van der Waals surface area contributed by atoms with Crippen molar-refractivity contribution in [2.75, 3.05) is 7.11 Å². The number of para-hydroxylation sites is 1. The van der Waals surface area contributed by atoms with Crippen LogP contribution >= 0.6 is 0 Å². The van der Waals surface area contributed by atoms with E-state index in [1.165, 1.54) is 0 Å². The molecule has 0 amide bonds. The molecule has 4 heteroatoms. The summed E-state index contributed by atoms with van der Waals surface area (Å²) in [7, 11) is 1.64. The van der Waals surface area contributed by atoms with Gasteiger partial charge in [0.25, 0.3) is 0 Å². The molecule has 1 aromatic heterocycles. The lowest BCUT2D eigenvalue weighted by atomic mass is 10.2. The van der Waals surface area contributed by atoms with Crippen molar-refractivity contribution >= 4 is 26.8 Å². The van der Waals surface area contributed by atoms with Crippen molar-refractivity contribution in [2.45, 2.75) is 6.92 Å². The molecule has 0 atom stereocenters. The number of hydrogen-bond donors (Lipinski definition) is 0. The zero-order valence-electron chi connectivity index (χ0n) is 8.73. The van der Waals surface area contributed by atoms with Crippen molar-refractivity contribution in [1.82, 2.24) is 4.98 Å². The molecule has 0 N–H and O–H groups in total. The number of pyridine rings is 1. The standard InChI is InChI=1S/C10H9NO.CH3O.Al/c1-7-5-6-8-3-2-4-9(12)10(8)11-7;1-2;/h2-6,12H,1H3;1H3;/q;-1;+2/p-1. The maximum atomic E-state index is 5.52. The van der Waals surface area contributed by atoms with Crippen LogP contribution in [-0.4, -0.2) is 28.0 Å². The Kier molecular flexibility index (Phi) is 3.22. The van der Waals surface area contributed by atoms with Crippen LogP contribution in [0.25, 0.3) is 10.9 Å². The van der Waals surface area contributed by atoms with Gasteiger partial charge in [-0.25, -0.2) is 4.98 Å². The molecule has 15 heavy (non-hydrogen) atoms. The van der Waals surface area contributed by atoms with E-state index in [1.54, 1.807) is 7.11 Å². The van der Waals surface area contributed by atoms with Gasteiger partial charge in [-0.3, -0.25) is 0 Å². The normalized spacial score (nSPS) is 10.3. The second-order valence-electron chi connectivity index (χ2n) is 3.23. The lowest BCUT2D eigenvalue weighted by Gasteiger charge is -2.08. The minimum atomic E-state index is -0.452. The SMILES string of the molecule is C[O][Al][O]c1cccc2ccc(C)nc12. The molecule has 2 rings (SSSR count). The Labute approximate surface area is 95.4 Å². The summed E-state index contributed by atoms with van der Waals surface area (Å²) in [6.45, 7) is 1.97. The molecule has 0 aliphatic heterocycles. The van der Waals surface area contributed by atoms with Gasteiger partial charge in [-0.1, -0.05) is 18.2 Å². The number of hydrogen-bond acceptors (Lipinski definition) is 3. The Hall–Kier alpha value is -1.08. The molecule has 0 saturated heterocycles. The molecule has 0 aliphatic rings. The highest BCUT2D eigenvalue weighted by Crippen LogP contribution is 2.23. The van der Waals surface area contributed by atoms with Gasteiger partial charge in [0, 0.05) is 18.2 Å². The van der Waals surface area contributed by atoms with Crippen LogP contribution in [0.15, 0.2) is 30.3 Å². The third-order valence-corrected chi connectivity index (χ3v) is 2.64. The summed E-state index contributed by atoms with van der Waals surface area (Å²) >= 11 is -0.452. The second kappa shape index (κ2) is 4.63. The largest absolute Gasteiger partial charge is 0.774 e. The topological polar surface area (TPSA) is 31.4 Å². The zero-order valence-corrected chi connectivity index (χ0v) is 9.88. The highest BCUT2D eigenvalue weighted by molar-refractivity contribution is 6.19. The van der Waals surface area contributed by atoms with E-state index in [1.807, 2.05) is 37.3 Å². The summed E-state index contributed by atoms with van der Waals surface area (Å²) in [6.07, 6.45) is 0. The highest BCUT2D eigenvalue weighted by atomic mass is 27.2. The fraction of sp³-hybridized carbons (Fsp3) is 0.182. The van der Waals surface area contributed by atoms with Gasteiger partial charge < -0.3 is 7.58 Å². The molecular weight excluding hydrogens is 205 g/mol. The molecule has 3 nitrogen and oxygen atoms in total. The number of rotatable bonds is 3. The van der Waals surface area contributed by atoms with Crippen molar-refractivity contribution in [3.05, 3.63) is 36.0 Å². The molecule has 1 radical (unpaired) electrons. The third-order valence-electron chi connectivity index (χ3n) is 2.09. The Morgan fingerprint density at radius 3 is 2.87 bits per heavy atom. The molecule has 0 unspecified atom stereocenters. The maximum absolute atomic E-state index is 5.52. The van der Waals surface area contributed by atoms with Crippen molar-refractivity contribution in [1.29, 1.82) is 0 Å². The second-order valence-corrected chi connectivity index (χ2v) is 4.13. The first kappa shape index (κ1) is 10.4. The van der Waals surface area contributed by atoms with Gasteiger partial charge in [0.15, 0.2) is 0 Å². The molecule has 75 valence electrons. The van der Waals surface area contributed by atoms with E-state index >= 15 is 0 Å². The van der Waals surface area contributed by atoms with Crippen LogP contribution < -0.4 is 3.79 Å². The van der Waals surface area contributed by atoms with Crippen LogP contribution in [-0.2, 0) is 3.79 Å².